The van der Waals surface area contributed by atoms with Gasteiger partial charge in [-0.05, 0) is 94.0 Å². The molecule has 0 bridgehead atoms. The van der Waals surface area contributed by atoms with Crippen molar-refractivity contribution in [2.75, 3.05) is 59.4 Å². The molecule has 0 saturated carbocycles. The third-order valence-electron chi connectivity index (χ3n) is 7.63. The van der Waals surface area contributed by atoms with Gasteiger partial charge in [0.05, 0.1) is 13.8 Å². The van der Waals surface area contributed by atoms with E-state index < -0.39 is 0 Å². The van der Waals surface area contributed by atoms with Gasteiger partial charge in [-0.1, -0.05) is 42.2 Å². The van der Waals surface area contributed by atoms with Crippen LogP contribution in [0.5, 0.6) is 5.75 Å². The molecule has 1 aliphatic rings. The molecular weight excluding hydrogens is 512 g/mol. The van der Waals surface area contributed by atoms with E-state index in [0.29, 0.717) is 13.1 Å². The van der Waals surface area contributed by atoms with Crippen molar-refractivity contribution in [1.29, 1.82) is 0 Å². The number of nitrogens with zero attached hydrogens (tertiary/aromatic N) is 3. The first-order chi connectivity index (χ1) is 20.0. The van der Waals surface area contributed by atoms with E-state index in [1.165, 1.54) is 5.56 Å². The molecule has 0 aromatic heterocycles. The van der Waals surface area contributed by atoms with Crippen LogP contribution in [0.4, 0.5) is 10.5 Å². The van der Waals surface area contributed by atoms with Crippen LogP contribution in [0.2, 0.25) is 0 Å². The standard InChI is InChI=1S/C34H42N4O3/c1-36(2)24-21-32(29-15-13-28(14-16-29)12-11-27-9-5-4-6-10-27)33-25-37(22-7-8-23-38(33)26-39)34(40)35-30-17-19-31(41-3)20-18-30/h4-6,9-10,13-20,32-33,39H,7-8,21-26H2,1-3H3,(H,35,40)/t32-,33+/m1/s1. The Labute approximate surface area is 244 Å². The van der Waals surface area contributed by atoms with Gasteiger partial charge in [-0.15, -0.1) is 0 Å². The Morgan fingerprint density at radius 1 is 0.976 bits per heavy atom. The molecule has 1 saturated heterocycles. The molecule has 7 heteroatoms. The predicted octanol–water partition coefficient (Wildman–Crippen LogP) is 5.08. The second-order valence-corrected chi connectivity index (χ2v) is 10.8. The highest BCUT2D eigenvalue weighted by molar-refractivity contribution is 5.89. The van der Waals surface area contributed by atoms with E-state index in [0.717, 1.165) is 54.9 Å². The summed E-state index contributed by atoms with van der Waals surface area (Å²) in [4.78, 5) is 19.7. The Balaban J connectivity index is 1.57. The van der Waals surface area contributed by atoms with E-state index in [1.807, 2.05) is 59.5 Å². The van der Waals surface area contributed by atoms with Crippen molar-refractivity contribution in [3.63, 3.8) is 0 Å². The maximum Gasteiger partial charge on any atom is 0.321 e. The number of ether oxygens (including phenoxy) is 1. The minimum atomic E-state index is -0.127. The highest BCUT2D eigenvalue weighted by atomic mass is 16.5. The van der Waals surface area contributed by atoms with E-state index in [9.17, 15) is 9.90 Å². The summed E-state index contributed by atoms with van der Waals surface area (Å²) in [6, 6.07) is 25.7. The van der Waals surface area contributed by atoms with Crippen molar-refractivity contribution >= 4 is 11.7 Å². The Hall–Kier alpha value is -3.83. The molecule has 2 atom stereocenters. The predicted molar refractivity (Wildman–Crippen MR) is 165 cm³/mol. The van der Waals surface area contributed by atoms with Crippen molar-refractivity contribution in [1.82, 2.24) is 14.7 Å². The molecule has 4 rings (SSSR count). The Morgan fingerprint density at radius 2 is 1.63 bits per heavy atom. The van der Waals surface area contributed by atoms with Gasteiger partial charge in [0.1, 0.15) is 5.75 Å². The molecule has 1 fully saturated rings. The summed E-state index contributed by atoms with van der Waals surface area (Å²) in [5.41, 5.74) is 3.86. The van der Waals surface area contributed by atoms with Gasteiger partial charge in [-0.2, -0.15) is 0 Å². The summed E-state index contributed by atoms with van der Waals surface area (Å²) in [5.74, 6) is 7.37. The van der Waals surface area contributed by atoms with Crippen LogP contribution in [0, 0.1) is 11.8 Å². The minimum Gasteiger partial charge on any atom is -0.497 e. The highest BCUT2D eigenvalue weighted by Crippen LogP contribution is 2.30. The van der Waals surface area contributed by atoms with E-state index >= 15 is 0 Å². The molecule has 41 heavy (non-hydrogen) atoms. The molecule has 0 aliphatic carbocycles. The van der Waals surface area contributed by atoms with Crippen LogP contribution in [-0.2, 0) is 0 Å². The number of benzene rings is 3. The van der Waals surface area contributed by atoms with Gasteiger partial charge in [0.25, 0.3) is 0 Å². The molecular formula is C34H42N4O3. The number of rotatable bonds is 8. The number of methoxy groups -OCH3 is 1. The normalized spacial score (nSPS) is 16.7. The molecule has 2 amide bonds. The van der Waals surface area contributed by atoms with Crippen molar-refractivity contribution < 1.29 is 14.6 Å². The fourth-order valence-corrected chi connectivity index (χ4v) is 5.29. The highest BCUT2D eigenvalue weighted by Gasteiger charge is 2.33. The van der Waals surface area contributed by atoms with Crippen LogP contribution in [0.15, 0.2) is 78.9 Å². The second-order valence-electron chi connectivity index (χ2n) is 10.8. The third kappa shape index (κ3) is 8.83. The minimum absolute atomic E-state index is 0.0388. The number of anilines is 1. The molecule has 0 radical (unpaired) electrons. The number of hydrogen-bond acceptors (Lipinski definition) is 5. The molecule has 7 nitrogen and oxygen atoms in total. The molecule has 0 unspecified atom stereocenters. The van der Waals surface area contributed by atoms with Crippen molar-refractivity contribution in [3.8, 4) is 17.6 Å². The first-order valence-corrected chi connectivity index (χ1v) is 14.3. The van der Waals surface area contributed by atoms with Crippen LogP contribution in [0.25, 0.3) is 0 Å². The zero-order valence-corrected chi connectivity index (χ0v) is 24.4. The quantitative estimate of drug-likeness (QED) is 0.380. The fourth-order valence-electron chi connectivity index (χ4n) is 5.29. The lowest BCUT2D eigenvalue weighted by atomic mass is 9.86. The van der Waals surface area contributed by atoms with Gasteiger partial charge in [0, 0.05) is 48.4 Å². The summed E-state index contributed by atoms with van der Waals surface area (Å²) in [6.07, 6.45) is 2.70. The maximum atomic E-state index is 13.5. The fraction of sp³-hybridized carbons (Fsp3) is 0.382. The maximum absolute atomic E-state index is 13.5. The van der Waals surface area contributed by atoms with E-state index in [-0.39, 0.29) is 24.7 Å². The van der Waals surface area contributed by atoms with Gasteiger partial charge in [0.15, 0.2) is 0 Å². The molecule has 3 aromatic rings. The summed E-state index contributed by atoms with van der Waals surface area (Å²) in [5, 5.41) is 13.5. The lowest BCUT2D eigenvalue weighted by Crippen LogP contribution is -2.52. The lowest BCUT2D eigenvalue weighted by Gasteiger charge is -2.41. The van der Waals surface area contributed by atoms with E-state index in [4.69, 9.17) is 4.74 Å². The van der Waals surface area contributed by atoms with Gasteiger partial charge in [-0.3, -0.25) is 4.90 Å². The summed E-state index contributed by atoms with van der Waals surface area (Å²) in [7, 11) is 5.78. The zero-order chi connectivity index (χ0) is 29.0. The lowest BCUT2D eigenvalue weighted by molar-refractivity contribution is 0.0309. The number of aliphatic hydroxyl groups is 1. The zero-order valence-electron chi connectivity index (χ0n) is 24.4. The molecule has 3 aromatic carbocycles. The summed E-state index contributed by atoms with van der Waals surface area (Å²) in [6.45, 7) is 2.85. The number of carbonyl (C=O) groups excluding carboxylic acids is 1. The average molecular weight is 555 g/mol. The van der Waals surface area contributed by atoms with Crippen molar-refractivity contribution in [2.45, 2.75) is 31.2 Å². The number of hydrogen-bond donors (Lipinski definition) is 2. The van der Waals surface area contributed by atoms with Crippen LogP contribution in [0.3, 0.4) is 0 Å². The van der Waals surface area contributed by atoms with Crippen LogP contribution in [-0.4, -0.2) is 86.0 Å². The van der Waals surface area contributed by atoms with E-state index in [2.05, 4.69) is 65.3 Å². The van der Waals surface area contributed by atoms with Crippen LogP contribution < -0.4 is 10.1 Å². The summed E-state index contributed by atoms with van der Waals surface area (Å²) < 4.78 is 5.25. The SMILES string of the molecule is COc1ccc(NC(=O)N2CCCCN(CO)[C@H]([C@H](CCN(C)C)c3ccc(C#Cc4ccccc4)cc3)C2)cc1. The number of aliphatic hydroxyl groups excluding tert-OH is 1. The van der Waals surface area contributed by atoms with Crippen LogP contribution in [0.1, 0.15) is 41.9 Å². The van der Waals surface area contributed by atoms with Crippen molar-refractivity contribution in [2.24, 2.45) is 0 Å². The van der Waals surface area contributed by atoms with Crippen molar-refractivity contribution in [3.05, 3.63) is 95.6 Å². The Kier molecular flexibility index (Phi) is 11.2. The molecule has 216 valence electrons. The molecule has 2 N–H and O–H groups in total. The molecule has 1 heterocycles. The van der Waals surface area contributed by atoms with E-state index in [1.54, 1.807) is 7.11 Å². The number of urea groups is 1. The molecule has 0 spiro atoms. The monoisotopic (exact) mass is 554 g/mol. The number of nitrogens with one attached hydrogen (secondary N) is 1. The third-order valence-corrected chi connectivity index (χ3v) is 7.63. The first-order valence-electron chi connectivity index (χ1n) is 14.3. The van der Waals surface area contributed by atoms with Gasteiger partial charge >= 0.3 is 6.03 Å². The summed E-state index contributed by atoms with van der Waals surface area (Å²) >= 11 is 0. The topological polar surface area (TPSA) is 68.3 Å². The van der Waals surface area contributed by atoms with Gasteiger partial charge in [0.2, 0.25) is 0 Å². The largest absolute Gasteiger partial charge is 0.497 e. The second kappa shape index (κ2) is 15.2. The number of amides is 2. The van der Waals surface area contributed by atoms with Crippen LogP contribution >= 0.6 is 0 Å². The smallest absolute Gasteiger partial charge is 0.321 e. The Morgan fingerprint density at radius 3 is 2.27 bits per heavy atom. The van der Waals surface area contributed by atoms with Gasteiger partial charge in [-0.25, -0.2) is 4.79 Å². The first kappa shape index (κ1) is 30.1. The molecule has 1 aliphatic heterocycles. The Bertz CT molecular complexity index is 1280. The van der Waals surface area contributed by atoms with Gasteiger partial charge < -0.3 is 25.0 Å². The number of carbonyl (C=O) groups is 1. The average Bonchev–Trinajstić information content (AvgIpc) is 2.98.